The Morgan fingerprint density at radius 1 is 1.03 bits per heavy atom. The van der Waals surface area contributed by atoms with Gasteiger partial charge >= 0.3 is 0 Å². The van der Waals surface area contributed by atoms with Gasteiger partial charge in [-0.15, -0.1) is 0 Å². The zero-order valence-electron chi connectivity index (χ0n) is 18.1. The van der Waals surface area contributed by atoms with Crippen molar-refractivity contribution in [3.8, 4) is 28.5 Å². The average molecular weight is 465 g/mol. The number of hydrogen-bond donors (Lipinski definition) is 2. The third kappa shape index (κ3) is 5.38. The highest BCUT2D eigenvalue weighted by Crippen LogP contribution is 2.35. The normalized spacial score (nSPS) is 14.6. The van der Waals surface area contributed by atoms with E-state index in [9.17, 15) is 18.1 Å². The van der Waals surface area contributed by atoms with Crippen molar-refractivity contribution >= 4 is 15.8 Å². The summed E-state index contributed by atoms with van der Waals surface area (Å²) in [6, 6.07) is 16.0. The summed E-state index contributed by atoms with van der Waals surface area (Å²) >= 11 is 0. The molecule has 1 heterocycles. The van der Waals surface area contributed by atoms with Gasteiger partial charge in [0, 0.05) is 17.7 Å². The third-order valence-corrected chi connectivity index (χ3v) is 6.97. The summed E-state index contributed by atoms with van der Waals surface area (Å²) in [6.45, 7) is 0.743. The highest BCUT2D eigenvalue weighted by atomic mass is 32.2. The van der Waals surface area contributed by atoms with Crippen LogP contribution in [0.4, 0.5) is 10.2 Å². The molecule has 0 atom stereocenters. The predicted octanol–water partition coefficient (Wildman–Crippen LogP) is 5.07. The van der Waals surface area contributed by atoms with Gasteiger partial charge < -0.3 is 5.32 Å². The Morgan fingerprint density at radius 2 is 1.67 bits per heavy atom. The number of nitriles is 1. The quantitative estimate of drug-likeness (QED) is 0.530. The van der Waals surface area contributed by atoms with E-state index in [4.69, 9.17) is 10.1 Å². The number of aromatic nitrogens is 1. The minimum absolute atomic E-state index is 0.00573. The lowest BCUT2D eigenvalue weighted by atomic mass is 9.89. The van der Waals surface area contributed by atoms with Crippen molar-refractivity contribution < 1.29 is 12.8 Å². The lowest BCUT2D eigenvalue weighted by molar-refractivity contribution is 0.373. The molecule has 1 aliphatic rings. The van der Waals surface area contributed by atoms with Crippen molar-refractivity contribution in [2.75, 3.05) is 11.9 Å². The van der Waals surface area contributed by atoms with Crippen molar-refractivity contribution in [1.29, 1.82) is 5.26 Å². The summed E-state index contributed by atoms with van der Waals surface area (Å²) in [7, 11) is -3.83. The first kappa shape index (κ1) is 22.9. The first-order chi connectivity index (χ1) is 15.8. The van der Waals surface area contributed by atoms with Crippen LogP contribution in [0, 0.1) is 23.1 Å². The molecule has 1 aliphatic carbocycles. The first-order valence-electron chi connectivity index (χ1n) is 10.9. The molecule has 6 nitrogen and oxygen atoms in total. The number of benzene rings is 2. The second-order valence-corrected chi connectivity index (χ2v) is 9.92. The molecule has 1 fully saturated rings. The minimum atomic E-state index is -3.83. The van der Waals surface area contributed by atoms with Gasteiger partial charge in [-0.25, -0.2) is 22.9 Å². The molecule has 3 N–H and O–H groups in total. The van der Waals surface area contributed by atoms with Crippen LogP contribution in [-0.2, 0) is 10.0 Å². The Kier molecular flexibility index (Phi) is 6.72. The number of nitrogens with two attached hydrogens (primary N) is 1. The van der Waals surface area contributed by atoms with Gasteiger partial charge in [-0.05, 0) is 66.8 Å². The van der Waals surface area contributed by atoms with Gasteiger partial charge in [-0.1, -0.05) is 31.4 Å². The molecule has 1 saturated carbocycles. The van der Waals surface area contributed by atoms with Crippen LogP contribution in [0.25, 0.3) is 22.4 Å². The fourth-order valence-corrected chi connectivity index (χ4v) is 4.75. The van der Waals surface area contributed by atoms with Crippen LogP contribution in [0.2, 0.25) is 0 Å². The summed E-state index contributed by atoms with van der Waals surface area (Å²) in [6.07, 6.45) is 6.03. The summed E-state index contributed by atoms with van der Waals surface area (Å²) in [5, 5.41) is 18.4. The molecule has 1 aromatic heterocycles. The SMILES string of the molecule is N#Cc1cc(-c2ccc(S(N)(=O)=O)cc2)c(-c2ccc(F)cc2)nc1NCC1CCCCC1. The van der Waals surface area contributed by atoms with Gasteiger partial charge in [-0.2, -0.15) is 5.26 Å². The maximum Gasteiger partial charge on any atom is 0.238 e. The van der Waals surface area contributed by atoms with Gasteiger partial charge in [0.1, 0.15) is 17.7 Å². The van der Waals surface area contributed by atoms with Crippen LogP contribution in [0.5, 0.6) is 0 Å². The second-order valence-electron chi connectivity index (χ2n) is 8.35. The van der Waals surface area contributed by atoms with E-state index in [1.165, 1.54) is 43.5 Å². The highest BCUT2D eigenvalue weighted by molar-refractivity contribution is 7.89. The Bertz CT molecular complexity index is 1280. The smallest absolute Gasteiger partial charge is 0.238 e. The molecule has 0 radical (unpaired) electrons. The maximum atomic E-state index is 13.6. The summed E-state index contributed by atoms with van der Waals surface area (Å²) in [5.74, 6) is 0.682. The third-order valence-electron chi connectivity index (χ3n) is 6.04. The van der Waals surface area contributed by atoms with E-state index in [1.807, 2.05) is 0 Å². The van der Waals surface area contributed by atoms with Crippen LogP contribution in [0.3, 0.4) is 0 Å². The maximum absolute atomic E-state index is 13.6. The first-order valence-corrected chi connectivity index (χ1v) is 12.5. The Balaban J connectivity index is 1.77. The van der Waals surface area contributed by atoms with E-state index in [0.29, 0.717) is 39.7 Å². The Labute approximate surface area is 193 Å². The van der Waals surface area contributed by atoms with Crippen molar-refractivity contribution in [3.63, 3.8) is 0 Å². The number of sulfonamides is 1. The molecule has 8 heteroatoms. The Hall–Kier alpha value is -3.28. The molecule has 33 heavy (non-hydrogen) atoms. The number of rotatable bonds is 6. The zero-order valence-corrected chi connectivity index (χ0v) is 18.9. The number of primary sulfonamides is 1. The summed E-state index contributed by atoms with van der Waals surface area (Å²) in [4.78, 5) is 4.77. The number of nitrogens with zero attached hydrogens (tertiary/aromatic N) is 2. The van der Waals surface area contributed by atoms with E-state index in [0.717, 1.165) is 19.4 Å². The van der Waals surface area contributed by atoms with Crippen molar-refractivity contribution in [2.24, 2.45) is 11.1 Å². The monoisotopic (exact) mass is 464 g/mol. The van der Waals surface area contributed by atoms with Gasteiger partial charge in [0.25, 0.3) is 0 Å². The molecule has 0 saturated heterocycles. The summed E-state index contributed by atoms with van der Waals surface area (Å²) in [5.41, 5.74) is 2.96. The fraction of sp³-hybridized carbons (Fsp3) is 0.280. The molecule has 0 bridgehead atoms. The number of anilines is 1. The highest BCUT2D eigenvalue weighted by Gasteiger charge is 2.18. The van der Waals surface area contributed by atoms with E-state index < -0.39 is 10.0 Å². The summed E-state index contributed by atoms with van der Waals surface area (Å²) < 4.78 is 36.8. The van der Waals surface area contributed by atoms with Gasteiger partial charge in [0.15, 0.2) is 0 Å². The van der Waals surface area contributed by atoms with Crippen LogP contribution >= 0.6 is 0 Å². The fourth-order valence-electron chi connectivity index (χ4n) is 4.24. The zero-order chi connectivity index (χ0) is 23.4. The van der Waals surface area contributed by atoms with Crippen molar-refractivity contribution in [2.45, 2.75) is 37.0 Å². The molecule has 2 aromatic carbocycles. The van der Waals surface area contributed by atoms with Gasteiger partial charge in [-0.3, -0.25) is 0 Å². The van der Waals surface area contributed by atoms with Crippen LogP contribution in [0.15, 0.2) is 59.5 Å². The van der Waals surface area contributed by atoms with E-state index >= 15 is 0 Å². The van der Waals surface area contributed by atoms with Crippen LogP contribution in [0.1, 0.15) is 37.7 Å². The van der Waals surface area contributed by atoms with E-state index in [2.05, 4.69) is 11.4 Å². The lowest BCUT2D eigenvalue weighted by Crippen LogP contribution is -2.18. The molecule has 4 rings (SSSR count). The predicted molar refractivity (Wildman–Crippen MR) is 126 cm³/mol. The molecular weight excluding hydrogens is 439 g/mol. The molecule has 0 spiro atoms. The number of hydrogen-bond acceptors (Lipinski definition) is 5. The molecule has 170 valence electrons. The lowest BCUT2D eigenvalue weighted by Gasteiger charge is -2.22. The number of nitrogens with one attached hydrogen (secondary N) is 1. The Morgan fingerprint density at radius 3 is 2.27 bits per heavy atom. The second kappa shape index (κ2) is 9.69. The number of halogens is 1. The molecular formula is C25H25FN4O2S. The number of pyridine rings is 1. The molecule has 3 aromatic rings. The minimum Gasteiger partial charge on any atom is -0.369 e. The van der Waals surface area contributed by atoms with Crippen LogP contribution in [-0.4, -0.2) is 19.9 Å². The topological polar surface area (TPSA) is 109 Å². The molecule has 0 aliphatic heterocycles. The van der Waals surface area contributed by atoms with E-state index in [-0.39, 0.29) is 10.7 Å². The van der Waals surface area contributed by atoms with Crippen molar-refractivity contribution in [1.82, 2.24) is 4.98 Å². The largest absolute Gasteiger partial charge is 0.369 e. The van der Waals surface area contributed by atoms with Gasteiger partial charge in [0.2, 0.25) is 10.0 Å². The van der Waals surface area contributed by atoms with Crippen LogP contribution < -0.4 is 10.5 Å². The van der Waals surface area contributed by atoms with Gasteiger partial charge in [0.05, 0.1) is 16.2 Å². The molecule has 0 unspecified atom stereocenters. The average Bonchev–Trinajstić information content (AvgIpc) is 2.83. The standard InChI is InChI=1S/C25H25FN4O2S/c26-21-10-6-19(7-11-21)24-23(18-8-12-22(13-9-18)33(28,31)32)14-20(15-27)25(30-24)29-16-17-4-2-1-3-5-17/h6-14,17H,1-5,16H2,(H,29,30)(H2,28,31,32). The van der Waals surface area contributed by atoms with Crippen molar-refractivity contribution in [3.05, 3.63) is 66.0 Å². The van der Waals surface area contributed by atoms with E-state index in [1.54, 1.807) is 30.3 Å². The molecule has 0 amide bonds.